The van der Waals surface area contributed by atoms with Crippen LogP contribution in [0.2, 0.25) is 0 Å². The van der Waals surface area contributed by atoms with Gasteiger partial charge in [-0.3, -0.25) is 24.1 Å². The maximum absolute atomic E-state index is 12.6. The third kappa shape index (κ3) is 2.73. The predicted octanol–water partition coefficient (Wildman–Crippen LogP) is 2.25. The highest BCUT2D eigenvalue weighted by atomic mass is 16.2. The number of benzene rings is 1. The third-order valence-electron chi connectivity index (χ3n) is 6.13. The molecule has 4 atom stereocenters. The fourth-order valence-corrected chi connectivity index (χ4v) is 4.94. The van der Waals surface area contributed by atoms with Gasteiger partial charge in [0.2, 0.25) is 17.7 Å². The van der Waals surface area contributed by atoms with Gasteiger partial charge in [0.25, 0.3) is 0 Å². The summed E-state index contributed by atoms with van der Waals surface area (Å²) in [6.45, 7) is 1.60. The molecule has 3 aliphatic rings. The number of nitrogens with zero attached hydrogens (tertiary/aromatic N) is 1. The Morgan fingerprint density at radius 3 is 2.38 bits per heavy atom. The van der Waals surface area contributed by atoms with E-state index in [2.05, 4.69) is 5.32 Å². The molecule has 136 valence electrons. The Kier molecular flexibility index (Phi) is 4.13. The predicted molar refractivity (Wildman–Crippen MR) is 94.2 cm³/mol. The highest BCUT2D eigenvalue weighted by Gasteiger charge is 2.60. The van der Waals surface area contributed by atoms with Crippen LogP contribution < -0.4 is 5.32 Å². The molecule has 0 unspecified atom stereocenters. The summed E-state index contributed by atoms with van der Waals surface area (Å²) < 4.78 is 0. The topological polar surface area (TPSA) is 83.6 Å². The number of Topliss-reactive ketones (excluding diaryl/α,β-unsaturated/α-hetero) is 1. The maximum Gasteiger partial charge on any atom is 0.233 e. The van der Waals surface area contributed by atoms with E-state index in [4.69, 9.17) is 0 Å². The van der Waals surface area contributed by atoms with Crippen LogP contribution in [0.1, 0.15) is 43.0 Å². The second-order valence-electron chi connectivity index (χ2n) is 7.65. The van der Waals surface area contributed by atoms with Crippen molar-refractivity contribution in [1.29, 1.82) is 0 Å². The van der Waals surface area contributed by atoms with Crippen LogP contribution in [0.3, 0.4) is 0 Å². The lowest BCUT2D eigenvalue weighted by molar-refractivity contribution is -0.140. The molecule has 1 aromatic rings. The molecule has 2 bridgehead atoms. The van der Waals surface area contributed by atoms with Gasteiger partial charge in [-0.25, -0.2) is 0 Å². The summed E-state index contributed by atoms with van der Waals surface area (Å²) in [5.41, 5.74) is 1.06. The average molecular weight is 354 g/mol. The van der Waals surface area contributed by atoms with Gasteiger partial charge in [0.15, 0.2) is 5.78 Å². The van der Waals surface area contributed by atoms with Gasteiger partial charge in [0.1, 0.15) is 0 Å². The molecule has 1 aliphatic heterocycles. The van der Waals surface area contributed by atoms with Crippen molar-refractivity contribution >= 4 is 29.2 Å². The maximum atomic E-state index is 12.6. The van der Waals surface area contributed by atoms with E-state index in [0.717, 1.165) is 19.3 Å². The Morgan fingerprint density at radius 1 is 1.12 bits per heavy atom. The van der Waals surface area contributed by atoms with E-state index in [9.17, 15) is 19.2 Å². The zero-order valence-corrected chi connectivity index (χ0v) is 14.7. The number of hydrogen-bond acceptors (Lipinski definition) is 4. The Labute approximate surface area is 151 Å². The number of hydrogen-bond donors (Lipinski definition) is 1. The van der Waals surface area contributed by atoms with E-state index >= 15 is 0 Å². The number of carbonyl (C=O) groups is 4. The van der Waals surface area contributed by atoms with Crippen molar-refractivity contribution in [2.75, 3.05) is 11.9 Å². The molecule has 1 saturated heterocycles. The summed E-state index contributed by atoms with van der Waals surface area (Å²) in [7, 11) is 0. The molecule has 0 aromatic heterocycles. The van der Waals surface area contributed by atoms with Crippen molar-refractivity contribution in [3.63, 3.8) is 0 Å². The van der Waals surface area contributed by atoms with E-state index < -0.39 is 0 Å². The van der Waals surface area contributed by atoms with Gasteiger partial charge in [0, 0.05) is 24.2 Å². The molecular weight excluding hydrogens is 332 g/mol. The van der Waals surface area contributed by atoms with E-state index in [1.807, 2.05) is 0 Å². The number of likely N-dealkylation sites (tertiary alicyclic amines) is 1. The molecule has 2 aliphatic carbocycles. The van der Waals surface area contributed by atoms with Gasteiger partial charge in [-0.2, -0.15) is 0 Å². The number of fused-ring (bicyclic) bond motifs is 5. The minimum atomic E-state index is -0.272. The standard InChI is InChI=1S/C20H22N2O4/c1-11(23)12-3-2-4-15(10-12)21-16(24)7-8-22-19(25)17-13-5-6-14(9-13)18(17)20(22)26/h2-4,10,13-14,17-18H,5-9H2,1H3,(H,21,24)/t13-,14-,17-,18+/m0/s1. The van der Waals surface area contributed by atoms with Gasteiger partial charge < -0.3 is 5.32 Å². The quantitative estimate of drug-likeness (QED) is 0.649. The van der Waals surface area contributed by atoms with Crippen LogP contribution in [0.5, 0.6) is 0 Å². The summed E-state index contributed by atoms with van der Waals surface area (Å²) in [4.78, 5) is 50.1. The number of anilines is 1. The van der Waals surface area contributed by atoms with Gasteiger partial charge in [-0.1, -0.05) is 12.1 Å². The SMILES string of the molecule is CC(=O)c1cccc(NC(=O)CCN2C(=O)[C@@H]3[C@H]4CC[C@@H](C4)[C@@H]3C2=O)c1. The van der Waals surface area contributed by atoms with Gasteiger partial charge in [-0.15, -0.1) is 0 Å². The molecule has 1 aromatic carbocycles. The summed E-state index contributed by atoms with van der Waals surface area (Å²) >= 11 is 0. The van der Waals surface area contributed by atoms with Crippen LogP contribution in [0.15, 0.2) is 24.3 Å². The molecule has 0 radical (unpaired) electrons. The van der Waals surface area contributed by atoms with Crippen LogP contribution in [-0.4, -0.2) is 34.9 Å². The van der Waals surface area contributed by atoms with E-state index in [1.54, 1.807) is 24.3 Å². The Bertz CT molecular complexity index is 775. The molecular formula is C20H22N2O4. The molecule has 1 N–H and O–H groups in total. The number of rotatable bonds is 5. The monoisotopic (exact) mass is 354 g/mol. The van der Waals surface area contributed by atoms with Crippen LogP contribution in [-0.2, 0) is 14.4 Å². The smallest absolute Gasteiger partial charge is 0.233 e. The van der Waals surface area contributed by atoms with Crippen molar-refractivity contribution in [2.24, 2.45) is 23.7 Å². The van der Waals surface area contributed by atoms with Crippen LogP contribution in [0.25, 0.3) is 0 Å². The summed E-state index contributed by atoms with van der Waals surface area (Å²) in [6, 6.07) is 6.72. The van der Waals surface area contributed by atoms with Crippen molar-refractivity contribution in [1.82, 2.24) is 4.90 Å². The second-order valence-corrected chi connectivity index (χ2v) is 7.65. The Morgan fingerprint density at radius 2 is 1.77 bits per heavy atom. The number of nitrogens with one attached hydrogen (secondary N) is 1. The zero-order valence-electron chi connectivity index (χ0n) is 14.7. The van der Waals surface area contributed by atoms with Crippen LogP contribution in [0.4, 0.5) is 5.69 Å². The highest BCUT2D eigenvalue weighted by Crippen LogP contribution is 2.56. The van der Waals surface area contributed by atoms with E-state index in [0.29, 0.717) is 23.1 Å². The van der Waals surface area contributed by atoms with Crippen molar-refractivity contribution < 1.29 is 19.2 Å². The summed E-state index contributed by atoms with van der Waals surface area (Å²) in [5.74, 6) is -0.0867. The van der Waals surface area contributed by atoms with Crippen molar-refractivity contribution in [3.8, 4) is 0 Å². The second kappa shape index (κ2) is 6.34. The fraction of sp³-hybridized carbons (Fsp3) is 0.500. The molecule has 0 spiro atoms. The van der Waals surface area contributed by atoms with Crippen LogP contribution in [0, 0.1) is 23.7 Å². The summed E-state index contributed by atoms with van der Waals surface area (Å²) in [5, 5.41) is 2.73. The lowest BCUT2D eigenvalue weighted by Gasteiger charge is -2.19. The lowest BCUT2D eigenvalue weighted by atomic mass is 9.81. The summed E-state index contributed by atoms with van der Waals surface area (Å²) in [6.07, 6.45) is 3.17. The Hall–Kier alpha value is -2.50. The minimum absolute atomic E-state index is 0.0660. The molecule has 6 heteroatoms. The molecule has 6 nitrogen and oxygen atoms in total. The zero-order chi connectivity index (χ0) is 18.4. The largest absolute Gasteiger partial charge is 0.326 e. The molecule has 3 amide bonds. The van der Waals surface area contributed by atoms with Crippen molar-refractivity contribution in [3.05, 3.63) is 29.8 Å². The van der Waals surface area contributed by atoms with E-state index in [1.165, 1.54) is 11.8 Å². The minimum Gasteiger partial charge on any atom is -0.326 e. The first-order valence-electron chi connectivity index (χ1n) is 9.22. The number of ketones is 1. The molecule has 3 fully saturated rings. The molecule has 1 heterocycles. The molecule has 2 saturated carbocycles. The Balaban J connectivity index is 1.36. The first-order valence-corrected chi connectivity index (χ1v) is 9.22. The number of amides is 3. The van der Waals surface area contributed by atoms with E-state index in [-0.39, 0.29) is 48.3 Å². The van der Waals surface area contributed by atoms with Gasteiger partial charge in [-0.05, 0) is 50.2 Å². The average Bonchev–Trinajstić information content (AvgIpc) is 3.28. The third-order valence-corrected chi connectivity index (χ3v) is 6.13. The fourth-order valence-electron chi connectivity index (χ4n) is 4.94. The first kappa shape index (κ1) is 16.9. The van der Waals surface area contributed by atoms with Gasteiger partial charge in [0.05, 0.1) is 11.8 Å². The molecule has 26 heavy (non-hydrogen) atoms. The number of imide groups is 1. The van der Waals surface area contributed by atoms with Crippen LogP contribution >= 0.6 is 0 Å². The number of carbonyl (C=O) groups excluding carboxylic acids is 4. The molecule has 4 rings (SSSR count). The van der Waals surface area contributed by atoms with Crippen molar-refractivity contribution in [2.45, 2.75) is 32.6 Å². The lowest BCUT2D eigenvalue weighted by Crippen LogP contribution is -2.35. The van der Waals surface area contributed by atoms with Gasteiger partial charge >= 0.3 is 0 Å². The first-order chi connectivity index (χ1) is 12.5. The normalized spacial score (nSPS) is 29.2. The highest BCUT2D eigenvalue weighted by molar-refractivity contribution is 6.06.